The van der Waals surface area contributed by atoms with Gasteiger partial charge in [0.05, 0.1) is 15.4 Å². The van der Waals surface area contributed by atoms with Gasteiger partial charge in [-0.1, -0.05) is 6.07 Å². The quantitative estimate of drug-likeness (QED) is 0.401. The second-order valence-corrected chi connectivity index (χ2v) is 7.79. The summed E-state index contributed by atoms with van der Waals surface area (Å²) >= 11 is 0. The van der Waals surface area contributed by atoms with Crippen LogP contribution in [0.2, 0.25) is 0 Å². The van der Waals surface area contributed by atoms with Gasteiger partial charge in [-0.05, 0) is 45.0 Å². The molecular weight excluding hydrogens is 372 g/mol. The lowest BCUT2D eigenvalue weighted by Gasteiger charge is -2.09. The Morgan fingerprint density at radius 1 is 1.15 bits per heavy atom. The molecule has 27 heavy (non-hydrogen) atoms. The molecule has 0 aliphatic rings. The molecule has 3 aromatic rings. The molecule has 0 saturated heterocycles. The smallest absolute Gasteiger partial charge is 0.273 e. The number of carbonyl (C=O) groups is 1. The van der Waals surface area contributed by atoms with E-state index in [0.717, 1.165) is 6.07 Å². The molecule has 0 aliphatic heterocycles. The number of carbonyl (C=O) groups excluding carboxylic acids is 1. The molecule has 0 unspecified atom stereocenters. The molecule has 3 rings (SSSR count). The number of nitro benzene ring substituents is 1. The van der Waals surface area contributed by atoms with Gasteiger partial charge in [-0.25, -0.2) is 8.42 Å². The number of nitrogens with zero attached hydrogens (tertiary/aromatic N) is 1. The van der Waals surface area contributed by atoms with Crippen molar-refractivity contribution in [3.63, 3.8) is 0 Å². The topological polar surface area (TPSA) is 120 Å². The SMILES string of the molecule is CC(=O)c1c(C)oc2ccc(NS(=O)(=O)c3ccc(C)c([N+](=O)[O-])c3)cc12. The van der Waals surface area contributed by atoms with Gasteiger partial charge >= 0.3 is 0 Å². The fourth-order valence-corrected chi connectivity index (χ4v) is 3.96. The van der Waals surface area contributed by atoms with Crippen LogP contribution >= 0.6 is 0 Å². The van der Waals surface area contributed by atoms with Crippen LogP contribution in [0.1, 0.15) is 28.6 Å². The third-order valence-corrected chi connectivity index (χ3v) is 5.53. The van der Waals surface area contributed by atoms with Crippen molar-refractivity contribution in [1.29, 1.82) is 0 Å². The van der Waals surface area contributed by atoms with E-state index in [4.69, 9.17) is 4.42 Å². The van der Waals surface area contributed by atoms with Crippen LogP contribution in [0.3, 0.4) is 0 Å². The van der Waals surface area contributed by atoms with Crippen LogP contribution in [0.15, 0.2) is 45.7 Å². The average Bonchev–Trinajstić information content (AvgIpc) is 2.89. The Balaban J connectivity index is 2.04. The van der Waals surface area contributed by atoms with Crippen LogP contribution in [0.4, 0.5) is 11.4 Å². The summed E-state index contributed by atoms with van der Waals surface area (Å²) in [6, 6.07) is 8.25. The Labute approximate surface area is 155 Å². The van der Waals surface area contributed by atoms with Crippen LogP contribution in [0, 0.1) is 24.0 Å². The maximum absolute atomic E-state index is 12.6. The molecule has 8 nitrogen and oxygen atoms in total. The second-order valence-electron chi connectivity index (χ2n) is 6.11. The van der Waals surface area contributed by atoms with Crippen molar-refractivity contribution in [2.75, 3.05) is 4.72 Å². The molecule has 140 valence electrons. The van der Waals surface area contributed by atoms with Crippen LogP contribution in [-0.2, 0) is 10.0 Å². The number of fused-ring (bicyclic) bond motifs is 1. The molecular formula is C18H16N2O6S. The van der Waals surface area contributed by atoms with Gasteiger partial charge in [0.25, 0.3) is 15.7 Å². The molecule has 0 atom stereocenters. The van der Waals surface area contributed by atoms with Gasteiger partial charge in [-0.15, -0.1) is 0 Å². The Morgan fingerprint density at radius 3 is 2.48 bits per heavy atom. The van der Waals surface area contributed by atoms with E-state index in [9.17, 15) is 23.3 Å². The molecule has 0 radical (unpaired) electrons. The third kappa shape index (κ3) is 3.41. The molecule has 2 aromatic carbocycles. The molecule has 0 fully saturated rings. The Morgan fingerprint density at radius 2 is 1.85 bits per heavy atom. The molecule has 0 bridgehead atoms. The minimum absolute atomic E-state index is 0.194. The van der Waals surface area contributed by atoms with E-state index in [1.165, 1.54) is 38.1 Å². The lowest BCUT2D eigenvalue weighted by molar-refractivity contribution is -0.385. The zero-order valence-electron chi connectivity index (χ0n) is 14.8. The number of hydrogen-bond acceptors (Lipinski definition) is 6. The van der Waals surface area contributed by atoms with Gasteiger partial charge in [0, 0.05) is 22.7 Å². The van der Waals surface area contributed by atoms with Gasteiger partial charge < -0.3 is 4.42 Å². The number of hydrogen-bond donors (Lipinski definition) is 1. The molecule has 9 heteroatoms. The summed E-state index contributed by atoms with van der Waals surface area (Å²) in [7, 11) is -4.05. The van der Waals surface area contributed by atoms with Gasteiger partial charge in [-0.2, -0.15) is 0 Å². The van der Waals surface area contributed by atoms with E-state index < -0.39 is 14.9 Å². The second kappa shape index (κ2) is 6.51. The van der Waals surface area contributed by atoms with Gasteiger partial charge in [0.1, 0.15) is 11.3 Å². The first-order chi connectivity index (χ1) is 12.6. The van der Waals surface area contributed by atoms with Crippen molar-refractivity contribution in [2.24, 2.45) is 0 Å². The van der Waals surface area contributed by atoms with Crippen LogP contribution in [0.25, 0.3) is 11.0 Å². The number of furan rings is 1. The highest BCUT2D eigenvalue weighted by Crippen LogP contribution is 2.30. The summed E-state index contributed by atoms with van der Waals surface area (Å²) in [6.45, 7) is 4.59. The van der Waals surface area contributed by atoms with Crippen molar-refractivity contribution in [2.45, 2.75) is 25.7 Å². The van der Waals surface area contributed by atoms with Gasteiger partial charge in [0.15, 0.2) is 5.78 Å². The molecule has 1 heterocycles. The Kier molecular flexibility index (Phi) is 4.48. The van der Waals surface area contributed by atoms with E-state index in [-0.39, 0.29) is 22.1 Å². The van der Waals surface area contributed by atoms with E-state index in [1.807, 2.05) is 0 Å². The van der Waals surface area contributed by atoms with Crippen LogP contribution in [-0.4, -0.2) is 19.1 Å². The molecule has 0 spiro atoms. The van der Waals surface area contributed by atoms with Crippen LogP contribution in [0.5, 0.6) is 0 Å². The summed E-state index contributed by atoms with van der Waals surface area (Å²) in [4.78, 5) is 22.0. The summed E-state index contributed by atoms with van der Waals surface area (Å²) in [5.74, 6) is 0.257. The highest BCUT2D eigenvalue weighted by molar-refractivity contribution is 7.92. The molecule has 1 N–H and O–H groups in total. The average molecular weight is 388 g/mol. The van der Waals surface area contributed by atoms with E-state index in [0.29, 0.717) is 27.9 Å². The highest BCUT2D eigenvalue weighted by Gasteiger charge is 2.21. The monoisotopic (exact) mass is 388 g/mol. The normalized spacial score (nSPS) is 11.5. The van der Waals surface area contributed by atoms with E-state index >= 15 is 0 Å². The first-order valence-electron chi connectivity index (χ1n) is 7.92. The summed E-state index contributed by atoms with van der Waals surface area (Å²) < 4.78 is 33.1. The third-order valence-electron chi connectivity index (χ3n) is 4.16. The largest absolute Gasteiger partial charge is 0.461 e. The molecule has 0 aliphatic carbocycles. The number of sulfonamides is 1. The first-order valence-corrected chi connectivity index (χ1v) is 9.40. The highest BCUT2D eigenvalue weighted by atomic mass is 32.2. The molecule has 1 aromatic heterocycles. The van der Waals surface area contributed by atoms with Crippen LogP contribution < -0.4 is 4.72 Å². The number of anilines is 1. The van der Waals surface area contributed by atoms with E-state index in [2.05, 4.69) is 4.72 Å². The Hall–Kier alpha value is -3.20. The number of aryl methyl sites for hydroxylation is 2. The fourth-order valence-electron chi connectivity index (χ4n) is 2.89. The first kappa shape index (κ1) is 18.6. The van der Waals surface area contributed by atoms with Crippen molar-refractivity contribution in [3.05, 3.63) is 63.4 Å². The van der Waals surface area contributed by atoms with Gasteiger partial charge in [0.2, 0.25) is 0 Å². The number of Topliss-reactive ketones (excluding diaryl/α,β-unsaturated/α-hetero) is 1. The maximum atomic E-state index is 12.6. The molecule has 0 saturated carbocycles. The minimum atomic E-state index is -4.05. The number of benzene rings is 2. The van der Waals surface area contributed by atoms with Crippen molar-refractivity contribution < 1.29 is 22.6 Å². The number of nitrogens with one attached hydrogen (secondary N) is 1. The van der Waals surface area contributed by atoms with E-state index in [1.54, 1.807) is 13.0 Å². The van der Waals surface area contributed by atoms with Crippen molar-refractivity contribution in [1.82, 2.24) is 0 Å². The number of ketones is 1. The standard InChI is InChI=1S/C18H16N2O6S/c1-10-4-6-14(9-16(10)20(22)23)27(24,25)19-13-5-7-17-15(8-13)18(11(2)21)12(3)26-17/h4-9,19H,1-3H3. The zero-order valence-corrected chi connectivity index (χ0v) is 15.6. The number of nitro groups is 1. The zero-order chi connectivity index (χ0) is 19.9. The fraction of sp³-hybridized carbons (Fsp3) is 0.167. The minimum Gasteiger partial charge on any atom is -0.461 e. The Bertz CT molecular complexity index is 1190. The summed E-state index contributed by atoms with van der Waals surface area (Å²) in [6.07, 6.45) is 0. The maximum Gasteiger partial charge on any atom is 0.273 e. The number of rotatable bonds is 5. The molecule has 0 amide bonds. The predicted octanol–water partition coefficient (Wildman–Crippen LogP) is 3.96. The lowest BCUT2D eigenvalue weighted by atomic mass is 10.1. The van der Waals surface area contributed by atoms with Crippen molar-refractivity contribution >= 4 is 38.2 Å². The van der Waals surface area contributed by atoms with Crippen molar-refractivity contribution in [3.8, 4) is 0 Å². The lowest BCUT2D eigenvalue weighted by Crippen LogP contribution is -2.13. The summed E-state index contributed by atoms with van der Waals surface area (Å²) in [5, 5.41) is 11.6. The predicted molar refractivity (Wildman–Crippen MR) is 99.6 cm³/mol. The summed E-state index contributed by atoms with van der Waals surface area (Å²) in [5.41, 5.74) is 1.15. The van der Waals surface area contributed by atoms with Gasteiger partial charge in [-0.3, -0.25) is 19.6 Å².